The highest BCUT2D eigenvalue weighted by molar-refractivity contribution is 4.74. The van der Waals surface area contributed by atoms with Crippen molar-refractivity contribution in [2.75, 3.05) is 19.6 Å². The Hall–Kier alpha value is -0.0800. The van der Waals surface area contributed by atoms with Crippen molar-refractivity contribution >= 4 is 0 Å². The molecule has 0 aromatic heterocycles. The molecule has 0 bridgehead atoms. The minimum absolute atomic E-state index is 0.746. The van der Waals surface area contributed by atoms with Gasteiger partial charge in [-0.05, 0) is 6.42 Å². The Morgan fingerprint density at radius 2 is 2.18 bits per heavy atom. The molecule has 66 valence electrons. The zero-order valence-electron chi connectivity index (χ0n) is 7.53. The number of unbranched alkanes of at least 4 members (excludes halogenated alkanes) is 2. The van der Waals surface area contributed by atoms with Crippen molar-refractivity contribution in [1.29, 1.82) is 0 Å². The summed E-state index contributed by atoms with van der Waals surface area (Å²) in [5.74, 6) is 0. The van der Waals surface area contributed by atoms with Gasteiger partial charge in [-0.3, -0.25) is 0 Å². The molecule has 0 aromatic carbocycles. The summed E-state index contributed by atoms with van der Waals surface area (Å²) in [6, 6.07) is 0.746. The van der Waals surface area contributed by atoms with Crippen LogP contribution in [0.15, 0.2) is 0 Å². The van der Waals surface area contributed by atoms with E-state index in [0.717, 1.165) is 19.1 Å². The lowest BCUT2D eigenvalue weighted by atomic mass is 10.1. The molecule has 11 heavy (non-hydrogen) atoms. The van der Waals surface area contributed by atoms with Gasteiger partial charge in [0.15, 0.2) is 0 Å². The van der Waals surface area contributed by atoms with E-state index >= 15 is 0 Å². The summed E-state index contributed by atoms with van der Waals surface area (Å²) in [6.45, 7) is 5.72. The highest BCUT2D eigenvalue weighted by Gasteiger charge is 2.09. The Kier molecular flexibility index (Phi) is 4.55. The normalized spacial score (nSPS) is 25.4. The first-order chi connectivity index (χ1) is 5.43. The second kappa shape index (κ2) is 5.56. The van der Waals surface area contributed by atoms with E-state index in [4.69, 9.17) is 0 Å². The van der Waals surface area contributed by atoms with Gasteiger partial charge in [0.1, 0.15) is 0 Å². The van der Waals surface area contributed by atoms with Crippen molar-refractivity contribution in [3.8, 4) is 0 Å². The largest absolute Gasteiger partial charge is 0.314 e. The average molecular weight is 156 g/mol. The first-order valence-corrected chi connectivity index (χ1v) is 4.87. The van der Waals surface area contributed by atoms with E-state index < -0.39 is 0 Å². The van der Waals surface area contributed by atoms with Gasteiger partial charge in [-0.1, -0.05) is 26.2 Å². The summed E-state index contributed by atoms with van der Waals surface area (Å²) in [4.78, 5) is 0. The molecule has 0 saturated carbocycles. The van der Waals surface area contributed by atoms with E-state index in [0.29, 0.717) is 0 Å². The highest BCUT2D eigenvalue weighted by atomic mass is 15.0. The second-order valence-electron chi connectivity index (χ2n) is 3.35. The molecule has 1 fully saturated rings. The predicted molar refractivity (Wildman–Crippen MR) is 48.8 cm³/mol. The zero-order valence-corrected chi connectivity index (χ0v) is 7.53. The maximum atomic E-state index is 3.52. The van der Waals surface area contributed by atoms with Crippen LogP contribution in [0.4, 0.5) is 0 Å². The summed E-state index contributed by atoms with van der Waals surface area (Å²) in [5, 5.41) is 6.91. The smallest absolute Gasteiger partial charge is 0.0193 e. The molecule has 2 N–H and O–H groups in total. The summed E-state index contributed by atoms with van der Waals surface area (Å²) in [7, 11) is 0. The van der Waals surface area contributed by atoms with Gasteiger partial charge < -0.3 is 10.6 Å². The van der Waals surface area contributed by atoms with Crippen molar-refractivity contribution in [3.05, 3.63) is 0 Å². The van der Waals surface area contributed by atoms with Gasteiger partial charge in [0, 0.05) is 25.7 Å². The summed E-state index contributed by atoms with van der Waals surface area (Å²) in [6.07, 6.45) is 5.45. The lowest BCUT2D eigenvalue weighted by Crippen LogP contribution is -2.48. The molecule has 1 rings (SSSR count). The summed E-state index contributed by atoms with van der Waals surface area (Å²) >= 11 is 0. The molecule has 2 heteroatoms. The molecule has 0 unspecified atom stereocenters. The van der Waals surface area contributed by atoms with Gasteiger partial charge in [-0.25, -0.2) is 0 Å². The van der Waals surface area contributed by atoms with Crippen LogP contribution in [0.25, 0.3) is 0 Å². The van der Waals surface area contributed by atoms with Crippen molar-refractivity contribution in [2.45, 2.75) is 38.6 Å². The van der Waals surface area contributed by atoms with Crippen LogP contribution in [0.5, 0.6) is 0 Å². The molecule has 0 aliphatic carbocycles. The monoisotopic (exact) mass is 156 g/mol. The molecule has 0 spiro atoms. The second-order valence-corrected chi connectivity index (χ2v) is 3.35. The van der Waals surface area contributed by atoms with Crippen molar-refractivity contribution in [1.82, 2.24) is 10.6 Å². The van der Waals surface area contributed by atoms with Crippen LogP contribution >= 0.6 is 0 Å². The van der Waals surface area contributed by atoms with Crippen LogP contribution in [0.1, 0.15) is 32.6 Å². The van der Waals surface area contributed by atoms with Crippen molar-refractivity contribution in [3.63, 3.8) is 0 Å². The maximum Gasteiger partial charge on any atom is 0.0193 e. The number of hydrogen-bond donors (Lipinski definition) is 2. The number of nitrogens with one attached hydrogen (secondary N) is 2. The molecule has 1 atom stereocenters. The Labute approximate surface area is 69.8 Å². The fraction of sp³-hybridized carbons (Fsp3) is 1.00. The molecule has 0 radical (unpaired) electrons. The van der Waals surface area contributed by atoms with Gasteiger partial charge >= 0.3 is 0 Å². The third-order valence-corrected chi connectivity index (χ3v) is 2.28. The first kappa shape index (κ1) is 9.01. The molecular weight excluding hydrogens is 136 g/mol. The predicted octanol–water partition coefficient (Wildman–Crippen LogP) is 1.13. The third kappa shape index (κ3) is 3.73. The molecule has 1 aliphatic heterocycles. The van der Waals surface area contributed by atoms with Crippen molar-refractivity contribution in [2.24, 2.45) is 0 Å². The Bertz CT molecular complexity index is 87.6. The molecule has 0 amide bonds. The lowest BCUT2D eigenvalue weighted by molar-refractivity contribution is 0.388. The summed E-state index contributed by atoms with van der Waals surface area (Å²) in [5.41, 5.74) is 0. The standard InChI is InChI=1S/C9H20N2/c1-2-3-4-5-9-8-10-6-7-11-9/h9-11H,2-8H2,1H3/t9-/m1/s1. The minimum atomic E-state index is 0.746. The van der Waals surface area contributed by atoms with Crippen LogP contribution in [-0.2, 0) is 0 Å². The third-order valence-electron chi connectivity index (χ3n) is 2.28. The SMILES string of the molecule is CCCCC[C@@H]1CNCCN1. The van der Waals surface area contributed by atoms with Crippen LogP contribution in [0.3, 0.4) is 0 Å². The number of piperazine rings is 1. The Morgan fingerprint density at radius 1 is 1.27 bits per heavy atom. The van der Waals surface area contributed by atoms with Crippen LogP contribution in [0, 0.1) is 0 Å². The van der Waals surface area contributed by atoms with Gasteiger partial charge in [0.05, 0.1) is 0 Å². The fourth-order valence-corrected chi connectivity index (χ4v) is 1.56. The average Bonchev–Trinajstić information content (AvgIpc) is 2.07. The number of hydrogen-bond acceptors (Lipinski definition) is 2. The molecule has 2 nitrogen and oxygen atoms in total. The van der Waals surface area contributed by atoms with E-state index in [1.54, 1.807) is 0 Å². The highest BCUT2D eigenvalue weighted by Crippen LogP contribution is 2.03. The fourth-order valence-electron chi connectivity index (χ4n) is 1.56. The van der Waals surface area contributed by atoms with Gasteiger partial charge in [0.2, 0.25) is 0 Å². The van der Waals surface area contributed by atoms with Gasteiger partial charge in [-0.15, -0.1) is 0 Å². The molecular formula is C9H20N2. The maximum absolute atomic E-state index is 3.52. The minimum Gasteiger partial charge on any atom is -0.314 e. The first-order valence-electron chi connectivity index (χ1n) is 4.87. The van der Waals surface area contributed by atoms with E-state index in [-0.39, 0.29) is 0 Å². The van der Waals surface area contributed by atoms with E-state index in [9.17, 15) is 0 Å². The lowest BCUT2D eigenvalue weighted by Gasteiger charge is -2.24. The van der Waals surface area contributed by atoms with Gasteiger partial charge in [0.25, 0.3) is 0 Å². The van der Waals surface area contributed by atoms with Crippen LogP contribution in [-0.4, -0.2) is 25.7 Å². The quantitative estimate of drug-likeness (QED) is 0.596. The van der Waals surface area contributed by atoms with Crippen LogP contribution < -0.4 is 10.6 Å². The molecule has 0 aromatic rings. The molecule has 1 heterocycles. The van der Waals surface area contributed by atoms with Crippen molar-refractivity contribution < 1.29 is 0 Å². The van der Waals surface area contributed by atoms with E-state index in [1.807, 2.05) is 0 Å². The zero-order chi connectivity index (χ0) is 7.94. The Morgan fingerprint density at radius 3 is 2.82 bits per heavy atom. The van der Waals surface area contributed by atoms with E-state index in [1.165, 1.54) is 32.2 Å². The van der Waals surface area contributed by atoms with Crippen LogP contribution in [0.2, 0.25) is 0 Å². The summed E-state index contributed by atoms with van der Waals surface area (Å²) < 4.78 is 0. The molecule has 1 saturated heterocycles. The van der Waals surface area contributed by atoms with Gasteiger partial charge in [-0.2, -0.15) is 0 Å². The topological polar surface area (TPSA) is 24.1 Å². The number of rotatable bonds is 4. The van der Waals surface area contributed by atoms with E-state index in [2.05, 4.69) is 17.6 Å². The molecule has 1 aliphatic rings. The Balaban J connectivity index is 1.96.